The summed E-state index contributed by atoms with van der Waals surface area (Å²) in [7, 11) is -6.59. The highest BCUT2D eigenvalue weighted by molar-refractivity contribution is 7.89. The average molecular weight is 427 g/mol. The molecule has 0 saturated heterocycles. The predicted molar refractivity (Wildman–Crippen MR) is 113 cm³/mol. The molecular formula is C20H30N2O4S2. The smallest absolute Gasteiger partial charge is 0.211 e. The lowest BCUT2D eigenvalue weighted by atomic mass is 10.2. The van der Waals surface area contributed by atoms with E-state index in [1.165, 1.54) is 0 Å². The molecule has 0 aromatic heterocycles. The molecule has 2 rings (SSSR count). The minimum atomic E-state index is -3.30. The van der Waals surface area contributed by atoms with Crippen LogP contribution in [0.4, 0.5) is 0 Å². The van der Waals surface area contributed by atoms with Crippen LogP contribution >= 0.6 is 0 Å². The van der Waals surface area contributed by atoms with Crippen LogP contribution in [0, 0.1) is 13.8 Å². The van der Waals surface area contributed by atoms with Gasteiger partial charge in [0, 0.05) is 13.1 Å². The van der Waals surface area contributed by atoms with Gasteiger partial charge in [0.2, 0.25) is 20.0 Å². The second-order valence-corrected chi connectivity index (χ2v) is 9.83. The van der Waals surface area contributed by atoms with Gasteiger partial charge >= 0.3 is 0 Å². The molecular weight excluding hydrogens is 396 g/mol. The summed E-state index contributed by atoms with van der Waals surface area (Å²) < 4.78 is 51.5. The fourth-order valence-electron chi connectivity index (χ4n) is 2.31. The van der Waals surface area contributed by atoms with Crippen molar-refractivity contribution < 1.29 is 16.8 Å². The number of nitrogens with one attached hydrogen (secondary N) is 2. The Kier molecular flexibility index (Phi) is 9.81. The van der Waals surface area contributed by atoms with E-state index in [2.05, 4.69) is 9.44 Å². The number of sulfonamides is 2. The topological polar surface area (TPSA) is 92.3 Å². The largest absolute Gasteiger partial charge is 0.240 e. The summed E-state index contributed by atoms with van der Waals surface area (Å²) in [6.07, 6.45) is 1.85. The lowest BCUT2D eigenvalue weighted by Gasteiger charge is -2.06. The second-order valence-electron chi connectivity index (χ2n) is 6.33. The lowest BCUT2D eigenvalue weighted by molar-refractivity contribution is 0.578. The minimum absolute atomic E-state index is 0.337. The SMILES string of the molecule is CCCCNS(=O)(=O)c1ccc(C)cc1.CCNS(=O)(=O)c1ccccc1C. The second kappa shape index (κ2) is 11.3. The monoisotopic (exact) mass is 426 g/mol. The molecule has 0 unspecified atom stereocenters. The highest BCUT2D eigenvalue weighted by atomic mass is 32.2. The van der Waals surface area contributed by atoms with E-state index in [1.807, 2.05) is 19.9 Å². The molecule has 0 aliphatic rings. The van der Waals surface area contributed by atoms with Crippen LogP contribution in [0.25, 0.3) is 0 Å². The average Bonchev–Trinajstić information content (AvgIpc) is 2.63. The fraction of sp³-hybridized carbons (Fsp3) is 0.400. The Bertz CT molecular complexity index is 938. The molecule has 0 saturated carbocycles. The molecule has 156 valence electrons. The molecule has 2 aromatic rings. The van der Waals surface area contributed by atoms with Gasteiger partial charge in [-0.15, -0.1) is 0 Å². The summed E-state index contributed by atoms with van der Waals surface area (Å²) in [6.45, 7) is 8.42. The van der Waals surface area contributed by atoms with E-state index in [9.17, 15) is 16.8 Å². The van der Waals surface area contributed by atoms with Gasteiger partial charge in [-0.1, -0.05) is 56.2 Å². The molecule has 28 heavy (non-hydrogen) atoms. The van der Waals surface area contributed by atoms with Crippen LogP contribution in [0.1, 0.15) is 37.8 Å². The minimum Gasteiger partial charge on any atom is -0.211 e. The van der Waals surface area contributed by atoms with Crippen molar-refractivity contribution in [2.24, 2.45) is 0 Å². The fourth-order valence-corrected chi connectivity index (χ4v) is 4.67. The Morgan fingerprint density at radius 2 is 1.39 bits per heavy atom. The van der Waals surface area contributed by atoms with E-state index >= 15 is 0 Å². The molecule has 0 spiro atoms. The zero-order chi connectivity index (χ0) is 21.2. The van der Waals surface area contributed by atoms with Crippen molar-refractivity contribution in [2.45, 2.75) is 50.3 Å². The van der Waals surface area contributed by atoms with Gasteiger partial charge in [0.05, 0.1) is 9.79 Å². The van der Waals surface area contributed by atoms with Crippen molar-refractivity contribution in [1.29, 1.82) is 0 Å². The van der Waals surface area contributed by atoms with Crippen LogP contribution in [0.5, 0.6) is 0 Å². The first-order valence-corrected chi connectivity index (χ1v) is 12.2. The first kappa shape index (κ1) is 24.3. The van der Waals surface area contributed by atoms with Gasteiger partial charge in [0.15, 0.2) is 0 Å². The van der Waals surface area contributed by atoms with Crippen molar-refractivity contribution in [1.82, 2.24) is 9.44 Å². The molecule has 0 atom stereocenters. The van der Waals surface area contributed by atoms with E-state index in [1.54, 1.807) is 56.3 Å². The summed E-state index contributed by atoms with van der Waals surface area (Å²) in [5.41, 5.74) is 1.82. The van der Waals surface area contributed by atoms with Gasteiger partial charge in [-0.2, -0.15) is 0 Å². The number of rotatable bonds is 8. The predicted octanol–water partition coefficient (Wildman–Crippen LogP) is 3.37. The molecule has 0 heterocycles. The van der Waals surface area contributed by atoms with Gasteiger partial charge in [-0.25, -0.2) is 26.3 Å². The third kappa shape index (κ3) is 7.71. The summed E-state index contributed by atoms with van der Waals surface area (Å²) in [5, 5.41) is 0. The van der Waals surface area contributed by atoms with Crippen molar-refractivity contribution in [3.8, 4) is 0 Å². The molecule has 0 amide bonds. The number of hydrogen-bond acceptors (Lipinski definition) is 4. The maximum Gasteiger partial charge on any atom is 0.240 e. The van der Waals surface area contributed by atoms with Crippen LogP contribution in [-0.2, 0) is 20.0 Å². The van der Waals surface area contributed by atoms with Gasteiger partial charge < -0.3 is 0 Å². The number of hydrogen-bond donors (Lipinski definition) is 2. The molecule has 0 bridgehead atoms. The Morgan fingerprint density at radius 1 is 0.786 bits per heavy atom. The highest BCUT2D eigenvalue weighted by Crippen LogP contribution is 2.13. The first-order chi connectivity index (χ1) is 13.1. The molecule has 0 radical (unpaired) electrons. The summed E-state index contributed by atoms with van der Waals surface area (Å²) in [5.74, 6) is 0. The van der Waals surface area contributed by atoms with Gasteiger partial charge in [-0.05, 0) is 44.0 Å². The van der Waals surface area contributed by atoms with E-state index < -0.39 is 20.0 Å². The Balaban J connectivity index is 0.000000283. The van der Waals surface area contributed by atoms with Crippen molar-refractivity contribution in [3.05, 3.63) is 59.7 Å². The van der Waals surface area contributed by atoms with Crippen molar-refractivity contribution in [2.75, 3.05) is 13.1 Å². The van der Waals surface area contributed by atoms with Crippen LogP contribution in [0.15, 0.2) is 58.3 Å². The van der Waals surface area contributed by atoms with Crippen LogP contribution in [0.3, 0.4) is 0 Å². The standard InChI is InChI=1S/C11H17NO2S.C9H13NO2S/c1-3-4-9-12-15(13,14)11-7-5-10(2)6-8-11;1-3-10-13(11,12)9-7-5-4-6-8(9)2/h5-8,12H,3-4,9H2,1-2H3;4-7,10H,3H2,1-2H3. The third-order valence-corrected chi connectivity index (χ3v) is 7.05. The molecule has 0 aliphatic carbocycles. The van der Waals surface area contributed by atoms with E-state index in [-0.39, 0.29) is 0 Å². The van der Waals surface area contributed by atoms with E-state index in [0.29, 0.717) is 22.9 Å². The van der Waals surface area contributed by atoms with Crippen LogP contribution in [0.2, 0.25) is 0 Å². The Labute approximate surface area is 169 Å². The molecule has 0 aliphatic heterocycles. The van der Waals surface area contributed by atoms with E-state index in [4.69, 9.17) is 0 Å². The van der Waals surface area contributed by atoms with Gasteiger partial charge in [0.1, 0.15) is 0 Å². The maximum atomic E-state index is 11.7. The Morgan fingerprint density at radius 3 is 1.93 bits per heavy atom. The first-order valence-electron chi connectivity index (χ1n) is 9.25. The van der Waals surface area contributed by atoms with Gasteiger partial charge in [0.25, 0.3) is 0 Å². The molecule has 2 aromatic carbocycles. The summed E-state index contributed by atoms with van der Waals surface area (Å²) in [6, 6.07) is 13.8. The van der Waals surface area contributed by atoms with Crippen molar-refractivity contribution >= 4 is 20.0 Å². The summed E-state index contributed by atoms with van der Waals surface area (Å²) >= 11 is 0. The van der Waals surface area contributed by atoms with E-state index in [0.717, 1.165) is 24.0 Å². The van der Waals surface area contributed by atoms with Gasteiger partial charge in [-0.3, -0.25) is 0 Å². The number of benzene rings is 2. The molecule has 2 N–H and O–H groups in total. The zero-order valence-corrected chi connectivity index (χ0v) is 18.5. The number of aryl methyl sites for hydroxylation is 2. The molecule has 6 nitrogen and oxygen atoms in total. The quantitative estimate of drug-likeness (QED) is 0.633. The zero-order valence-electron chi connectivity index (χ0n) is 16.9. The third-order valence-electron chi connectivity index (χ3n) is 3.87. The lowest BCUT2D eigenvalue weighted by Crippen LogP contribution is -2.24. The van der Waals surface area contributed by atoms with Crippen LogP contribution in [-0.4, -0.2) is 29.9 Å². The number of unbranched alkanes of at least 4 members (excludes halogenated alkanes) is 1. The summed E-state index contributed by atoms with van der Waals surface area (Å²) in [4.78, 5) is 0.695. The molecule has 8 heteroatoms. The molecule has 0 fully saturated rings. The Hall–Kier alpha value is -1.74. The normalized spacial score (nSPS) is 11.6. The maximum absolute atomic E-state index is 11.7. The highest BCUT2D eigenvalue weighted by Gasteiger charge is 2.14. The van der Waals surface area contributed by atoms with Crippen LogP contribution < -0.4 is 9.44 Å². The van der Waals surface area contributed by atoms with Crippen molar-refractivity contribution in [3.63, 3.8) is 0 Å².